The van der Waals surface area contributed by atoms with Gasteiger partial charge in [0.15, 0.2) is 0 Å². The summed E-state index contributed by atoms with van der Waals surface area (Å²) >= 11 is 0. The van der Waals surface area contributed by atoms with Gasteiger partial charge in [-0.1, -0.05) is 20.8 Å². The van der Waals surface area contributed by atoms with E-state index in [2.05, 4.69) is 5.32 Å². The molecule has 4 nitrogen and oxygen atoms in total. The average Bonchev–Trinajstić information content (AvgIpc) is 2.18. The lowest BCUT2D eigenvalue weighted by Crippen LogP contribution is -2.37. The molecule has 0 radical (unpaired) electrons. The number of hydrogen-bond donors (Lipinski definition) is 1. The fourth-order valence-electron chi connectivity index (χ4n) is 1.40. The first kappa shape index (κ1) is 14.9. The van der Waals surface area contributed by atoms with E-state index < -0.39 is 10.0 Å². The van der Waals surface area contributed by atoms with Crippen LogP contribution in [0.25, 0.3) is 0 Å². The van der Waals surface area contributed by atoms with Gasteiger partial charge in [0.25, 0.3) is 0 Å². The van der Waals surface area contributed by atoms with E-state index in [-0.39, 0.29) is 5.75 Å². The molecule has 0 bridgehead atoms. The van der Waals surface area contributed by atoms with Gasteiger partial charge in [0.1, 0.15) is 0 Å². The van der Waals surface area contributed by atoms with Crippen molar-refractivity contribution in [3.8, 4) is 0 Å². The van der Waals surface area contributed by atoms with Gasteiger partial charge >= 0.3 is 0 Å². The third kappa shape index (κ3) is 6.12. The highest BCUT2D eigenvalue weighted by atomic mass is 32.2. The predicted octanol–water partition coefficient (Wildman–Crippen LogP) is 1.05. The molecule has 0 rings (SSSR count). The maximum Gasteiger partial charge on any atom is 0.215 e. The summed E-state index contributed by atoms with van der Waals surface area (Å²) in [5.41, 5.74) is 0. The molecule has 1 N–H and O–H groups in total. The highest BCUT2D eigenvalue weighted by Gasteiger charge is 2.19. The minimum atomic E-state index is -3.05. The Morgan fingerprint density at radius 2 is 1.60 bits per heavy atom. The molecule has 92 valence electrons. The Labute approximate surface area is 94.1 Å². The Morgan fingerprint density at radius 3 is 2.00 bits per heavy atom. The normalized spacial score (nSPS) is 12.3. The van der Waals surface area contributed by atoms with Crippen LogP contribution in [0.4, 0.5) is 0 Å². The molecule has 0 atom stereocenters. The molecule has 5 heteroatoms. The van der Waals surface area contributed by atoms with Crippen LogP contribution in [0, 0.1) is 0 Å². The summed E-state index contributed by atoms with van der Waals surface area (Å²) in [6.07, 6.45) is 1.75. The fourth-order valence-corrected chi connectivity index (χ4v) is 2.98. The summed E-state index contributed by atoms with van der Waals surface area (Å²) in [7, 11) is -3.05. The molecule has 0 amide bonds. The van der Waals surface area contributed by atoms with E-state index in [9.17, 15) is 8.42 Å². The maximum atomic E-state index is 11.9. The Morgan fingerprint density at radius 1 is 1.07 bits per heavy atom. The van der Waals surface area contributed by atoms with Crippen LogP contribution in [0.15, 0.2) is 0 Å². The van der Waals surface area contributed by atoms with Gasteiger partial charge in [-0.2, -0.15) is 0 Å². The van der Waals surface area contributed by atoms with Gasteiger partial charge in [0, 0.05) is 19.6 Å². The smallest absolute Gasteiger partial charge is 0.215 e. The second-order valence-corrected chi connectivity index (χ2v) is 5.66. The molecule has 0 saturated carbocycles. The molecule has 0 saturated heterocycles. The van der Waals surface area contributed by atoms with Gasteiger partial charge in [-0.15, -0.1) is 0 Å². The molecule has 0 spiro atoms. The van der Waals surface area contributed by atoms with Crippen molar-refractivity contribution in [2.45, 2.75) is 33.6 Å². The number of hydrogen-bond acceptors (Lipinski definition) is 3. The first-order valence-corrected chi connectivity index (χ1v) is 7.37. The van der Waals surface area contributed by atoms with Crippen molar-refractivity contribution in [2.75, 3.05) is 31.9 Å². The number of sulfonamides is 1. The van der Waals surface area contributed by atoms with Crippen LogP contribution in [-0.4, -0.2) is 44.7 Å². The molecule has 0 aliphatic carbocycles. The molecule has 0 aliphatic heterocycles. The Balaban J connectivity index is 4.22. The predicted molar refractivity (Wildman–Crippen MR) is 64.5 cm³/mol. The molecule has 0 aromatic carbocycles. The monoisotopic (exact) mass is 236 g/mol. The quantitative estimate of drug-likeness (QED) is 0.609. The van der Waals surface area contributed by atoms with Crippen LogP contribution in [0.2, 0.25) is 0 Å². The van der Waals surface area contributed by atoms with Crippen LogP contribution in [0.1, 0.15) is 33.6 Å². The highest BCUT2D eigenvalue weighted by molar-refractivity contribution is 7.89. The van der Waals surface area contributed by atoms with Gasteiger partial charge in [-0.3, -0.25) is 0 Å². The summed E-state index contributed by atoms with van der Waals surface area (Å²) < 4.78 is 25.3. The zero-order valence-electron chi connectivity index (χ0n) is 10.1. The van der Waals surface area contributed by atoms with Crippen LogP contribution in [0.5, 0.6) is 0 Å². The van der Waals surface area contributed by atoms with Crippen LogP contribution < -0.4 is 5.32 Å². The van der Waals surface area contributed by atoms with E-state index >= 15 is 0 Å². The maximum absolute atomic E-state index is 11.9. The van der Waals surface area contributed by atoms with Crippen molar-refractivity contribution in [3.63, 3.8) is 0 Å². The van der Waals surface area contributed by atoms with Crippen molar-refractivity contribution in [2.24, 2.45) is 0 Å². The lowest BCUT2D eigenvalue weighted by molar-refractivity contribution is 0.409. The topological polar surface area (TPSA) is 49.4 Å². The second-order valence-electron chi connectivity index (χ2n) is 3.57. The molecular formula is C10H24N2O2S. The van der Waals surface area contributed by atoms with Crippen molar-refractivity contribution in [1.29, 1.82) is 0 Å². The summed E-state index contributed by atoms with van der Waals surface area (Å²) in [6.45, 7) is 8.62. The van der Waals surface area contributed by atoms with Gasteiger partial charge in [-0.25, -0.2) is 12.7 Å². The number of nitrogens with one attached hydrogen (secondary N) is 1. The average molecular weight is 236 g/mol. The minimum Gasteiger partial charge on any atom is -0.316 e. The van der Waals surface area contributed by atoms with E-state index in [1.807, 2.05) is 20.8 Å². The Kier molecular flexibility index (Phi) is 8.00. The van der Waals surface area contributed by atoms with Crippen LogP contribution >= 0.6 is 0 Å². The lowest BCUT2D eigenvalue weighted by atomic mass is 10.4. The number of nitrogens with zero attached hydrogens (tertiary/aromatic N) is 1. The van der Waals surface area contributed by atoms with Gasteiger partial charge in [0.05, 0.1) is 5.75 Å². The van der Waals surface area contributed by atoms with Gasteiger partial charge in [-0.05, 0) is 19.4 Å². The van der Waals surface area contributed by atoms with Crippen molar-refractivity contribution in [1.82, 2.24) is 9.62 Å². The zero-order valence-corrected chi connectivity index (χ0v) is 10.9. The van der Waals surface area contributed by atoms with E-state index in [1.165, 1.54) is 0 Å². The summed E-state index contributed by atoms with van der Waals surface area (Å²) in [4.78, 5) is 0. The SMILES string of the molecule is CCCN(CCC)S(=O)(=O)CCNCC. The third-order valence-corrected chi connectivity index (χ3v) is 4.00. The standard InChI is InChI=1S/C10H24N2O2S/c1-4-8-12(9-5-2)15(13,14)10-7-11-6-3/h11H,4-10H2,1-3H3. The first-order valence-electron chi connectivity index (χ1n) is 5.77. The van der Waals surface area contributed by atoms with E-state index in [4.69, 9.17) is 0 Å². The largest absolute Gasteiger partial charge is 0.316 e. The second kappa shape index (κ2) is 8.07. The highest BCUT2D eigenvalue weighted by Crippen LogP contribution is 2.03. The van der Waals surface area contributed by atoms with Crippen molar-refractivity contribution >= 4 is 10.0 Å². The molecule has 15 heavy (non-hydrogen) atoms. The van der Waals surface area contributed by atoms with Gasteiger partial charge < -0.3 is 5.32 Å². The first-order chi connectivity index (χ1) is 7.08. The zero-order chi connectivity index (χ0) is 11.7. The Bertz CT molecular complexity index is 234. The van der Waals surface area contributed by atoms with Gasteiger partial charge in [0.2, 0.25) is 10.0 Å². The molecule has 0 aliphatic rings. The summed E-state index contributed by atoms with van der Waals surface area (Å²) in [5, 5.41) is 3.04. The molecule has 0 aromatic heterocycles. The minimum absolute atomic E-state index is 0.209. The third-order valence-electron chi connectivity index (χ3n) is 2.13. The summed E-state index contributed by atoms with van der Waals surface area (Å²) in [6, 6.07) is 0. The molecule has 0 heterocycles. The summed E-state index contributed by atoms with van der Waals surface area (Å²) in [5.74, 6) is 0.209. The van der Waals surface area contributed by atoms with Crippen LogP contribution in [0.3, 0.4) is 0 Å². The lowest BCUT2D eigenvalue weighted by Gasteiger charge is -2.20. The molecular weight excluding hydrogens is 212 g/mol. The fraction of sp³-hybridized carbons (Fsp3) is 1.00. The molecule has 0 fully saturated rings. The van der Waals surface area contributed by atoms with E-state index in [0.717, 1.165) is 19.4 Å². The Hall–Kier alpha value is -0.130. The van der Waals surface area contributed by atoms with E-state index in [0.29, 0.717) is 19.6 Å². The molecule has 0 unspecified atom stereocenters. The van der Waals surface area contributed by atoms with Crippen LogP contribution in [-0.2, 0) is 10.0 Å². The van der Waals surface area contributed by atoms with Crippen molar-refractivity contribution < 1.29 is 8.42 Å². The molecule has 0 aromatic rings. The number of rotatable bonds is 9. The van der Waals surface area contributed by atoms with Crippen molar-refractivity contribution in [3.05, 3.63) is 0 Å². The van der Waals surface area contributed by atoms with E-state index in [1.54, 1.807) is 4.31 Å².